The molecule has 3 N–H and O–H groups in total. The Morgan fingerprint density at radius 3 is 2.31 bits per heavy atom. The smallest absolute Gasteiger partial charge is 0.215 e. The third kappa shape index (κ3) is 4.70. The number of nitrogens with one attached hydrogen (secondary N) is 1. The van der Waals surface area contributed by atoms with Crippen molar-refractivity contribution in [2.75, 3.05) is 38.2 Å². The number of ketones is 2. The first-order valence-electron chi connectivity index (χ1n) is 11.5. The van der Waals surface area contributed by atoms with Crippen LogP contribution < -0.4 is 5.32 Å². The van der Waals surface area contributed by atoms with Gasteiger partial charge in [0.05, 0.1) is 30.5 Å². The van der Waals surface area contributed by atoms with Crippen LogP contribution in [0.4, 0.5) is 5.69 Å². The Labute approximate surface area is 211 Å². The number of fused-ring (bicyclic) bond motifs is 1. The number of rotatable bonds is 7. The summed E-state index contributed by atoms with van der Waals surface area (Å²) in [5.41, 5.74) is 1.29. The first-order valence-corrected chi connectivity index (χ1v) is 11.9. The lowest BCUT2D eigenvalue weighted by atomic mass is 9.90. The first-order chi connectivity index (χ1) is 17.4. The van der Waals surface area contributed by atoms with E-state index in [0.29, 0.717) is 11.4 Å². The van der Waals surface area contributed by atoms with Gasteiger partial charge in [-0.25, -0.2) is 0 Å². The molecule has 36 heavy (non-hydrogen) atoms. The minimum absolute atomic E-state index is 0.172. The Balaban J connectivity index is 1.26. The summed E-state index contributed by atoms with van der Waals surface area (Å²) in [7, 11) is 0. The number of halogens is 1. The fourth-order valence-electron chi connectivity index (χ4n) is 4.29. The van der Waals surface area contributed by atoms with Crippen LogP contribution in [0.15, 0.2) is 53.3 Å². The van der Waals surface area contributed by atoms with Gasteiger partial charge in [0.15, 0.2) is 0 Å². The van der Waals surface area contributed by atoms with Crippen molar-refractivity contribution in [1.82, 2.24) is 19.9 Å². The number of aromatic nitrogens is 3. The van der Waals surface area contributed by atoms with Crippen molar-refractivity contribution < 1.29 is 24.5 Å². The van der Waals surface area contributed by atoms with Gasteiger partial charge in [0.1, 0.15) is 27.9 Å². The fraction of sp³-hybridized carbons (Fsp3) is 0.280. The molecule has 2 heterocycles. The van der Waals surface area contributed by atoms with Gasteiger partial charge in [0, 0.05) is 37.4 Å². The number of benzene rings is 2. The van der Waals surface area contributed by atoms with Crippen LogP contribution in [-0.2, 0) is 11.3 Å². The molecule has 0 bridgehead atoms. The molecule has 1 aromatic heterocycles. The summed E-state index contributed by atoms with van der Waals surface area (Å²) in [6.45, 7) is 5.23. The Bertz CT molecular complexity index is 1350. The van der Waals surface area contributed by atoms with Crippen LogP contribution in [-0.4, -0.2) is 74.5 Å². The van der Waals surface area contributed by atoms with E-state index >= 15 is 0 Å². The van der Waals surface area contributed by atoms with Crippen LogP contribution >= 0.6 is 11.6 Å². The number of allylic oxidation sites excluding steroid dienone is 2. The lowest BCUT2D eigenvalue weighted by molar-refractivity contribution is 0.0368. The number of morpholine rings is 1. The van der Waals surface area contributed by atoms with Crippen molar-refractivity contribution in [1.29, 1.82) is 0 Å². The van der Waals surface area contributed by atoms with Gasteiger partial charge in [-0.05, 0) is 30.7 Å². The highest BCUT2D eigenvalue weighted by Gasteiger charge is 2.36. The molecule has 0 radical (unpaired) electrons. The fourth-order valence-corrected chi connectivity index (χ4v) is 4.52. The maximum Gasteiger partial charge on any atom is 0.215 e. The molecule has 0 spiro atoms. The van der Waals surface area contributed by atoms with E-state index in [1.165, 1.54) is 0 Å². The molecule has 0 saturated carbocycles. The van der Waals surface area contributed by atoms with E-state index in [9.17, 15) is 19.8 Å². The van der Waals surface area contributed by atoms with Gasteiger partial charge in [-0.2, -0.15) is 0 Å². The summed E-state index contributed by atoms with van der Waals surface area (Å²) in [4.78, 5) is 28.0. The summed E-state index contributed by atoms with van der Waals surface area (Å²) in [6.07, 6.45) is 2.85. The van der Waals surface area contributed by atoms with Crippen LogP contribution in [0.1, 0.15) is 27.1 Å². The van der Waals surface area contributed by atoms with Crippen LogP contribution in [0.25, 0.3) is 11.3 Å². The normalized spacial score (nSPS) is 16.4. The number of ether oxygens (including phenoxy) is 1. The number of carbonyl (C=O) groups excluding carboxylic acids is 2. The number of hydrogen-bond acceptors (Lipinski definition) is 9. The van der Waals surface area contributed by atoms with Crippen molar-refractivity contribution in [3.63, 3.8) is 0 Å². The van der Waals surface area contributed by atoms with Crippen molar-refractivity contribution in [2.24, 2.45) is 0 Å². The second kappa shape index (κ2) is 10.1. The number of nitrogens with zero attached hydrogens (tertiary/aromatic N) is 4. The van der Waals surface area contributed by atoms with E-state index in [0.717, 1.165) is 63.5 Å². The molecule has 0 unspecified atom stereocenters. The van der Waals surface area contributed by atoms with Crippen molar-refractivity contribution >= 4 is 28.9 Å². The third-order valence-corrected chi connectivity index (χ3v) is 6.58. The first kappa shape index (κ1) is 24.0. The summed E-state index contributed by atoms with van der Waals surface area (Å²) in [5.74, 6) is -2.26. The highest BCUT2D eigenvalue weighted by molar-refractivity contribution is 6.50. The van der Waals surface area contributed by atoms with Crippen molar-refractivity contribution in [3.05, 3.63) is 64.5 Å². The number of phenolic OH excluding ortho intramolecular Hbond substituents is 2. The molecule has 186 valence electrons. The molecule has 0 amide bonds. The molecule has 10 nitrogen and oxygen atoms in total. The average molecular weight is 510 g/mol. The van der Waals surface area contributed by atoms with Gasteiger partial charge in [-0.15, -0.1) is 5.10 Å². The minimum atomic E-state index is -0.746. The lowest BCUT2D eigenvalue weighted by Gasteiger charge is -2.26. The zero-order valence-corrected chi connectivity index (χ0v) is 20.0. The molecular formula is C25H24ClN5O5. The van der Waals surface area contributed by atoms with Crippen molar-refractivity contribution in [3.8, 4) is 22.8 Å². The standard InChI is InChI=1S/C25H24ClN5O5/c26-22-23(25(35)21-19(33)7-6-18(32)20(21)24(22)34)27-16-4-2-15(3-5-16)17-14-31(29-28-17)9-1-8-30-10-12-36-13-11-30/h2-7,14,27,32-33H,1,8-13H2. The van der Waals surface area contributed by atoms with E-state index in [-0.39, 0.29) is 21.9 Å². The summed E-state index contributed by atoms with van der Waals surface area (Å²) in [5, 5.41) is 31.1. The number of aromatic hydroxyl groups is 2. The van der Waals surface area contributed by atoms with Gasteiger partial charge in [-0.3, -0.25) is 19.2 Å². The Kier molecular flexibility index (Phi) is 6.73. The molecule has 11 heteroatoms. The van der Waals surface area contributed by atoms with Crippen LogP contribution in [0.2, 0.25) is 0 Å². The van der Waals surface area contributed by atoms with Crippen LogP contribution in [0.5, 0.6) is 11.5 Å². The molecule has 1 aliphatic heterocycles. The number of Topliss-reactive ketones (excluding diaryl/α,β-unsaturated/α-hetero) is 2. The Morgan fingerprint density at radius 1 is 0.944 bits per heavy atom. The minimum Gasteiger partial charge on any atom is -0.507 e. The van der Waals surface area contributed by atoms with Crippen LogP contribution in [0, 0.1) is 0 Å². The monoisotopic (exact) mass is 509 g/mol. The van der Waals surface area contributed by atoms with Gasteiger partial charge in [0.25, 0.3) is 0 Å². The van der Waals surface area contributed by atoms with E-state index in [1.807, 2.05) is 23.0 Å². The quantitative estimate of drug-likeness (QED) is 0.411. The maximum absolute atomic E-state index is 13.0. The summed E-state index contributed by atoms with van der Waals surface area (Å²) >= 11 is 6.17. The van der Waals surface area contributed by atoms with E-state index in [2.05, 4.69) is 20.5 Å². The highest BCUT2D eigenvalue weighted by atomic mass is 35.5. The second-order valence-corrected chi connectivity index (χ2v) is 8.96. The molecule has 2 aromatic carbocycles. The van der Waals surface area contributed by atoms with Crippen LogP contribution in [0.3, 0.4) is 0 Å². The molecule has 0 atom stereocenters. The molecule has 1 aliphatic carbocycles. The third-order valence-electron chi connectivity index (χ3n) is 6.22. The number of carbonyl (C=O) groups is 2. The molecule has 2 aliphatic rings. The van der Waals surface area contributed by atoms with E-state index < -0.39 is 23.1 Å². The predicted octanol–water partition coefficient (Wildman–Crippen LogP) is 3.02. The molecule has 5 rings (SSSR count). The average Bonchev–Trinajstić information content (AvgIpc) is 3.36. The topological polar surface area (TPSA) is 130 Å². The summed E-state index contributed by atoms with van der Waals surface area (Å²) < 4.78 is 7.19. The van der Waals surface area contributed by atoms with E-state index in [4.69, 9.17) is 16.3 Å². The zero-order chi connectivity index (χ0) is 25.2. The highest BCUT2D eigenvalue weighted by Crippen LogP contribution is 2.38. The Morgan fingerprint density at radius 2 is 1.61 bits per heavy atom. The lowest BCUT2D eigenvalue weighted by Crippen LogP contribution is -2.37. The number of hydrogen-bond donors (Lipinski definition) is 3. The van der Waals surface area contributed by atoms with E-state index in [1.54, 1.807) is 12.1 Å². The zero-order valence-electron chi connectivity index (χ0n) is 19.3. The van der Waals surface area contributed by atoms with Gasteiger partial charge < -0.3 is 20.3 Å². The van der Waals surface area contributed by atoms with Crippen molar-refractivity contribution in [2.45, 2.75) is 13.0 Å². The van der Waals surface area contributed by atoms with Gasteiger partial charge >= 0.3 is 0 Å². The second-order valence-electron chi connectivity index (χ2n) is 8.58. The molecule has 1 saturated heterocycles. The maximum atomic E-state index is 13.0. The molecule has 3 aromatic rings. The van der Waals surface area contributed by atoms with Gasteiger partial charge in [-0.1, -0.05) is 28.9 Å². The summed E-state index contributed by atoms with van der Waals surface area (Å²) in [6, 6.07) is 9.36. The number of aryl methyl sites for hydroxylation is 1. The predicted molar refractivity (Wildman–Crippen MR) is 132 cm³/mol. The Hall–Kier alpha value is -3.73. The molecular weight excluding hydrogens is 486 g/mol. The molecule has 1 fully saturated rings. The SMILES string of the molecule is O=C1C(Cl)=C(Nc2ccc(-c3cn(CCCN4CCOCC4)nn3)cc2)C(=O)c2c(O)ccc(O)c21. The number of phenols is 2. The van der Waals surface area contributed by atoms with Gasteiger partial charge in [0.2, 0.25) is 11.6 Å². The largest absolute Gasteiger partial charge is 0.507 e. The number of anilines is 1.